The zero-order valence-corrected chi connectivity index (χ0v) is 18.8. The third-order valence-corrected chi connectivity index (χ3v) is 3.57. The number of rotatable bonds is 5. The third-order valence-electron chi connectivity index (χ3n) is 3.57. The molecular formula is C22H32FNO6. The van der Waals surface area contributed by atoms with E-state index in [0.717, 1.165) is 0 Å². The van der Waals surface area contributed by atoms with E-state index in [2.05, 4.69) is 18.6 Å². The van der Waals surface area contributed by atoms with Crippen molar-refractivity contribution in [2.45, 2.75) is 54.5 Å². The number of benzene rings is 1. The highest BCUT2D eigenvalue weighted by atomic mass is 19.1. The third kappa shape index (κ3) is 7.50. The van der Waals surface area contributed by atoms with E-state index in [9.17, 15) is 18.8 Å². The van der Waals surface area contributed by atoms with Gasteiger partial charge in [0.1, 0.15) is 18.0 Å². The molecule has 0 saturated heterocycles. The molecule has 0 aliphatic carbocycles. The van der Waals surface area contributed by atoms with Crippen LogP contribution in [0.25, 0.3) is 10.9 Å². The maximum absolute atomic E-state index is 13.9. The molecule has 2 rings (SSSR count). The predicted molar refractivity (Wildman–Crippen MR) is 115 cm³/mol. The minimum absolute atomic E-state index is 0.0809. The van der Waals surface area contributed by atoms with Gasteiger partial charge in [0.05, 0.1) is 25.8 Å². The summed E-state index contributed by atoms with van der Waals surface area (Å²) in [6.07, 6.45) is 1.66. The molecule has 1 aromatic carbocycles. The van der Waals surface area contributed by atoms with Crippen molar-refractivity contribution < 1.29 is 28.2 Å². The van der Waals surface area contributed by atoms with Crippen molar-refractivity contribution in [3.05, 3.63) is 45.5 Å². The monoisotopic (exact) mass is 425 g/mol. The highest BCUT2D eigenvalue weighted by molar-refractivity contribution is 5.94. The lowest BCUT2D eigenvalue weighted by Crippen LogP contribution is -2.22. The first-order valence-corrected chi connectivity index (χ1v) is 10.0. The van der Waals surface area contributed by atoms with Gasteiger partial charge in [-0.1, -0.05) is 34.1 Å². The van der Waals surface area contributed by atoms with Gasteiger partial charge < -0.3 is 18.8 Å². The summed E-state index contributed by atoms with van der Waals surface area (Å²) in [6.45, 7) is 11.5. The average Bonchev–Trinajstić information content (AvgIpc) is 2.73. The van der Waals surface area contributed by atoms with Gasteiger partial charge in [0, 0.05) is 11.6 Å². The van der Waals surface area contributed by atoms with Crippen LogP contribution in [0, 0.1) is 12.7 Å². The number of methoxy groups -OCH3 is 1. The molecule has 7 nitrogen and oxygen atoms in total. The van der Waals surface area contributed by atoms with Crippen molar-refractivity contribution in [2.75, 3.05) is 20.3 Å². The van der Waals surface area contributed by atoms with E-state index >= 15 is 0 Å². The van der Waals surface area contributed by atoms with Crippen LogP contribution in [0.4, 0.5) is 9.18 Å². The predicted octanol–water partition coefficient (Wildman–Crippen LogP) is 4.85. The van der Waals surface area contributed by atoms with E-state index in [-0.39, 0.29) is 41.8 Å². The van der Waals surface area contributed by atoms with E-state index in [1.165, 1.54) is 43.4 Å². The lowest BCUT2D eigenvalue weighted by Gasteiger charge is -2.14. The summed E-state index contributed by atoms with van der Waals surface area (Å²) in [6, 6.07) is 2.59. The van der Waals surface area contributed by atoms with Gasteiger partial charge in [-0.2, -0.15) is 0 Å². The van der Waals surface area contributed by atoms with Gasteiger partial charge in [0.2, 0.25) is 5.43 Å². The van der Waals surface area contributed by atoms with E-state index in [0.29, 0.717) is 0 Å². The zero-order chi connectivity index (χ0) is 23.3. The SMILES string of the molecule is CC.CCC.CCOC(=O)c1cn(CCOC(=O)OC)c2cc(F)c(C)cc2c1=O. The first-order valence-electron chi connectivity index (χ1n) is 10.0. The highest BCUT2D eigenvalue weighted by Crippen LogP contribution is 2.18. The van der Waals surface area contributed by atoms with E-state index in [4.69, 9.17) is 9.47 Å². The fourth-order valence-corrected chi connectivity index (χ4v) is 2.35. The summed E-state index contributed by atoms with van der Waals surface area (Å²) in [4.78, 5) is 35.6. The molecule has 0 aliphatic rings. The van der Waals surface area contributed by atoms with Crippen LogP contribution < -0.4 is 5.43 Å². The Bertz CT molecular complexity index is 891. The lowest BCUT2D eigenvalue weighted by molar-refractivity contribution is 0.0522. The van der Waals surface area contributed by atoms with Crippen LogP contribution in [0.1, 0.15) is 57.0 Å². The van der Waals surface area contributed by atoms with Gasteiger partial charge in [0.15, 0.2) is 0 Å². The van der Waals surface area contributed by atoms with E-state index in [1.807, 2.05) is 13.8 Å². The molecule has 1 aromatic heterocycles. The number of aryl methyl sites for hydroxylation is 1. The fourth-order valence-electron chi connectivity index (χ4n) is 2.35. The summed E-state index contributed by atoms with van der Waals surface area (Å²) in [5, 5.41) is 0.183. The van der Waals surface area contributed by atoms with Gasteiger partial charge in [-0.15, -0.1) is 0 Å². The molecule has 0 atom stereocenters. The number of hydrogen-bond donors (Lipinski definition) is 0. The maximum Gasteiger partial charge on any atom is 0.508 e. The molecule has 0 radical (unpaired) electrons. The van der Waals surface area contributed by atoms with Crippen molar-refractivity contribution in [1.82, 2.24) is 4.57 Å². The largest absolute Gasteiger partial charge is 0.508 e. The second-order valence-electron chi connectivity index (χ2n) is 5.91. The normalized spacial score (nSPS) is 9.60. The van der Waals surface area contributed by atoms with Crippen LogP contribution in [0.2, 0.25) is 0 Å². The lowest BCUT2D eigenvalue weighted by atomic mass is 10.1. The topological polar surface area (TPSA) is 83.8 Å². The second-order valence-corrected chi connectivity index (χ2v) is 5.91. The molecule has 0 bridgehead atoms. The van der Waals surface area contributed by atoms with Crippen LogP contribution in [0.15, 0.2) is 23.1 Å². The Hall–Kier alpha value is -2.90. The Morgan fingerprint density at radius 3 is 2.23 bits per heavy atom. The Balaban J connectivity index is 0.00000154. The minimum atomic E-state index is -0.863. The van der Waals surface area contributed by atoms with Gasteiger partial charge in [-0.05, 0) is 31.5 Å². The van der Waals surface area contributed by atoms with Gasteiger partial charge >= 0.3 is 12.1 Å². The molecule has 1 heterocycles. The van der Waals surface area contributed by atoms with Crippen LogP contribution in [0.3, 0.4) is 0 Å². The molecule has 2 aromatic rings. The maximum atomic E-state index is 13.9. The molecule has 0 spiro atoms. The number of hydrogen-bond acceptors (Lipinski definition) is 6. The molecule has 168 valence electrons. The van der Waals surface area contributed by atoms with Gasteiger partial charge in [-0.25, -0.2) is 14.0 Å². The average molecular weight is 425 g/mol. The molecule has 0 N–H and O–H groups in total. The molecule has 0 amide bonds. The number of carbonyl (C=O) groups is 2. The van der Waals surface area contributed by atoms with Gasteiger partial charge in [-0.3, -0.25) is 4.79 Å². The molecule has 30 heavy (non-hydrogen) atoms. The smallest absolute Gasteiger partial charge is 0.462 e. The van der Waals surface area contributed by atoms with Crippen LogP contribution in [-0.2, 0) is 20.8 Å². The Labute approximate surface area is 176 Å². The first kappa shape index (κ1) is 27.1. The first-order chi connectivity index (χ1) is 14.3. The molecular weight excluding hydrogens is 393 g/mol. The molecule has 0 saturated carbocycles. The van der Waals surface area contributed by atoms with Crippen LogP contribution >= 0.6 is 0 Å². The number of aromatic nitrogens is 1. The van der Waals surface area contributed by atoms with Crippen molar-refractivity contribution in [3.63, 3.8) is 0 Å². The zero-order valence-electron chi connectivity index (χ0n) is 18.8. The van der Waals surface area contributed by atoms with Crippen molar-refractivity contribution >= 4 is 23.0 Å². The van der Waals surface area contributed by atoms with Gasteiger partial charge in [0.25, 0.3) is 0 Å². The standard InChI is InChI=1S/C17H18FNO6.C3H8.C2H6/c1-4-24-16(21)12-9-19(5-6-25-17(22)23-3)14-8-13(18)10(2)7-11(14)15(12)20;1-3-2;1-2/h7-9H,4-6H2,1-3H3;3H2,1-2H3;1-2H3. The summed E-state index contributed by atoms with van der Waals surface area (Å²) < 4.78 is 29.5. The number of halogens is 1. The van der Waals surface area contributed by atoms with Crippen molar-refractivity contribution in [1.29, 1.82) is 0 Å². The number of nitrogens with zero attached hydrogens (tertiary/aromatic N) is 1. The molecule has 0 fully saturated rings. The minimum Gasteiger partial charge on any atom is -0.462 e. The number of ether oxygens (including phenoxy) is 3. The molecule has 0 unspecified atom stereocenters. The molecule has 8 heteroatoms. The number of esters is 1. The van der Waals surface area contributed by atoms with Crippen LogP contribution in [0.5, 0.6) is 0 Å². The van der Waals surface area contributed by atoms with Crippen molar-refractivity contribution in [2.24, 2.45) is 0 Å². The highest BCUT2D eigenvalue weighted by Gasteiger charge is 2.18. The number of carbonyl (C=O) groups excluding carboxylic acids is 2. The second kappa shape index (κ2) is 14.1. The number of pyridine rings is 1. The fraction of sp³-hybridized carbons (Fsp3) is 0.500. The van der Waals surface area contributed by atoms with Crippen molar-refractivity contribution in [3.8, 4) is 0 Å². The number of fused-ring (bicyclic) bond motifs is 1. The Kier molecular flexibility index (Phi) is 12.8. The Morgan fingerprint density at radius 2 is 1.70 bits per heavy atom. The van der Waals surface area contributed by atoms with E-state index < -0.39 is 23.4 Å². The Morgan fingerprint density at radius 1 is 1.10 bits per heavy atom. The summed E-state index contributed by atoms with van der Waals surface area (Å²) >= 11 is 0. The summed E-state index contributed by atoms with van der Waals surface area (Å²) in [5.74, 6) is -1.25. The summed E-state index contributed by atoms with van der Waals surface area (Å²) in [5.41, 5.74) is -0.141. The molecule has 0 aliphatic heterocycles. The summed E-state index contributed by atoms with van der Waals surface area (Å²) in [7, 11) is 1.17. The quantitative estimate of drug-likeness (QED) is 0.637. The van der Waals surface area contributed by atoms with Crippen LogP contribution in [-0.4, -0.2) is 37.0 Å². The van der Waals surface area contributed by atoms with E-state index in [1.54, 1.807) is 6.92 Å².